The van der Waals surface area contributed by atoms with Gasteiger partial charge in [0.15, 0.2) is 0 Å². The largest absolute Gasteiger partial charge is 0.416 e. The molecule has 2 unspecified atom stereocenters. The van der Waals surface area contributed by atoms with Crippen LogP contribution in [0.4, 0.5) is 13.2 Å². The maximum absolute atomic E-state index is 12.5. The van der Waals surface area contributed by atoms with Gasteiger partial charge in [-0.25, -0.2) is 0 Å². The number of aliphatic hydroxyl groups is 1. The van der Waals surface area contributed by atoms with Crippen LogP contribution in [0.2, 0.25) is 0 Å². The SMILES string of the molecule is NC(CC1CCCCC1)C(O)C(=O)NNC(=O)c1ccc(C(F)(F)F)cc1. The van der Waals surface area contributed by atoms with Crippen LogP contribution in [0.5, 0.6) is 0 Å². The highest BCUT2D eigenvalue weighted by Gasteiger charge is 2.30. The standard InChI is InChI=1S/C18H24F3N3O3/c19-18(20,21)13-8-6-12(7-9-13)16(26)23-24-17(27)15(25)14(22)10-11-4-2-1-3-5-11/h6-9,11,14-15,25H,1-5,10,22H2,(H,23,26)(H,24,27). The second-order valence-electron chi connectivity index (χ2n) is 6.87. The summed E-state index contributed by atoms with van der Waals surface area (Å²) in [5, 5.41) is 10.0. The Morgan fingerprint density at radius 3 is 2.26 bits per heavy atom. The lowest BCUT2D eigenvalue weighted by Gasteiger charge is -2.26. The van der Waals surface area contributed by atoms with Crippen LogP contribution in [-0.2, 0) is 11.0 Å². The van der Waals surface area contributed by atoms with Gasteiger partial charge in [-0.1, -0.05) is 32.1 Å². The molecule has 1 aliphatic carbocycles. The van der Waals surface area contributed by atoms with Crippen LogP contribution in [0.3, 0.4) is 0 Å². The molecule has 1 aromatic carbocycles. The minimum absolute atomic E-state index is 0.0655. The Kier molecular flexibility index (Phi) is 7.20. The van der Waals surface area contributed by atoms with Gasteiger partial charge in [-0.05, 0) is 36.6 Å². The fourth-order valence-corrected chi connectivity index (χ4v) is 3.21. The molecule has 0 spiro atoms. The molecule has 5 N–H and O–H groups in total. The van der Waals surface area contributed by atoms with Gasteiger partial charge in [0.05, 0.1) is 5.56 Å². The first kappa shape index (κ1) is 21.2. The monoisotopic (exact) mass is 387 g/mol. The van der Waals surface area contributed by atoms with Crippen molar-refractivity contribution in [3.63, 3.8) is 0 Å². The van der Waals surface area contributed by atoms with Crippen molar-refractivity contribution in [2.24, 2.45) is 11.7 Å². The van der Waals surface area contributed by atoms with Crippen LogP contribution in [0.25, 0.3) is 0 Å². The molecule has 6 nitrogen and oxygen atoms in total. The molecule has 0 aliphatic heterocycles. The van der Waals surface area contributed by atoms with Crippen molar-refractivity contribution in [3.05, 3.63) is 35.4 Å². The van der Waals surface area contributed by atoms with E-state index in [1.165, 1.54) is 6.42 Å². The topological polar surface area (TPSA) is 104 Å². The first-order valence-corrected chi connectivity index (χ1v) is 8.89. The van der Waals surface area contributed by atoms with Crippen LogP contribution in [0.1, 0.15) is 54.4 Å². The van der Waals surface area contributed by atoms with E-state index in [9.17, 15) is 27.9 Å². The molecule has 2 atom stereocenters. The molecular formula is C18H24F3N3O3. The lowest BCUT2D eigenvalue weighted by molar-refractivity contribution is -0.137. The molecule has 2 amide bonds. The summed E-state index contributed by atoms with van der Waals surface area (Å²) in [7, 11) is 0. The van der Waals surface area contributed by atoms with Crippen molar-refractivity contribution < 1.29 is 27.9 Å². The Labute approximate surface area is 155 Å². The number of alkyl halides is 3. The van der Waals surface area contributed by atoms with Gasteiger partial charge in [-0.2, -0.15) is 13.2 Å². The predicted octanol–water partition coefficient (Wildman–Crippen LogP) is 2.12. The van der Waals surface area contributed by atoms with Crippen LogP contribution in [-0.4, -0.2) is 29.1 Å². The summed E-state index contributed by atoms with van der Waals surface area (Å²) in [4.78, 5) is 23.8. The molecule has 0 saturated heterocycles. The van der Waals surface area contributed by atoms with Crippen molar-refractivity contribution in [1.29, 1.82) is 0 Å². The Morgan fingerprint density at radius 2 is 1.70 bits per heavy atom. The smallest absolute Gasteiger partial charge is 0.382 e. The van der Waals surface area contributed by atoms with Crippen molar-refractivity contribution in [1.82, 2.24) is 10.9 Å². The number of hydrogen-bond donors (Lipinski definition) is 4. The Morgan fingerprint density at radius 1 is 1.11 bits per heavy atom. The normalized spacial score (nSPS) is 17.8. The van der Waals surface area contributed by atoms with Crippen molar-refractivity contribution in [3.8, 4) is 0 Å². The number of nitrogens with two attached hydrogens (primary N) is 1. The van der Waals surface area contributed by atoms with Crippen molar-refractivity contribution >= 4 is 11.8 Å². The number of carbonyl (C=O) groups excluding carboxylic acids is 2. The number of carbonyl (C=O) groups is 2. The van der Waals surface area contributed by atoms with Gasteiger partial charge in [-0.3, -0.25) is 20.4 Å². The second-order valence-corrected chi connectivity index (χ2v) is 6.87. The molecule has 9 heteroatoms. The Hall–Kier alpha value is -2.13. The van der Waals surface area contributed by atoms with Crippen LogP contribution in [0.15, 0.2) is 24.3 Å². The molecule has 1 fully saturated rings. The summed E-state index contributed by atoms with van der Waals surface area (Å²) in [6, 6.07) is 2.78. The van der Waals surface area contributed by atoms with Crippen LogP contribution < -0.4 is 16.6 Å². The van der Waals surface area contributed by atoms with Gasteiger partial charge in [0.2, 0.25) is 0 Å². The van der Waals surface area contributed by atoms with E-state index in [0.717, 1.165) is 49.9 Å². The fourth-order valence-electron chi connectivity index (χ4n) is 3.21. The third-order valence-corrected chi connectivity index (χ3v) is 4.78. The third-order valence-electron chi connectivity index (χ3n) is 4.78. The zero-order valence-electron chi connectivity index (χ0n) is 14.8. The van der Waals surface area contributed by atoms with Gasteiger partial charge >= 0.3 is 6.18 Å². The molecule has 1 saturated carbocycles. The highest BCUT2D eigenvalue weighted by atomic mass is 19.4. The zero-order valence-corrected chi connectivity index (χ0v) is 14.8. The number of amides is 2. The van der Waals surface area contributed by atoms with Crippen molar-refractivity contribution in [2.45, 2.75) is 56.8 Å². The summed E-state index contributed by atoms with van der Waals surface area (Å²) >= 11 is 0. The quantitative estimate of drug-likeness (QED) is 0.581. The number of rotatable bonds is 5. The molecule has 27 heavy (non-hydrogen) atoms. The highest BCUT2D eigenvalue weighted by Crippen LogP contribution is 2.29. The number of aliphatic hydroxyl groups excluding tert-OH is 1. The summed E-state index contributed by atoms with van der Waals surface area (Å²) < 4.78 is 37.5. The maximum atomic E-state index is 12.5. The Bertz CT molecular complexity index is 643. The molecule has 0 bridgehead atoms. The van der Waals surface area contributed by atoms with E-state index < -0.39 is 35.7 Å². The van der Waals surface area contributed by atoms with E-state index in [2.05, 4.69) is 10.9 Å². The van der Waals surface area contributed by atoms with Gasteiger partial charge in [0.25, 0.3) is 11.8 Å². The molecule has 0 aromatic heterocycles. The lowest BCUT2D eigenvalue weighted by Crippen LogP contribution is -2.52. The van der Waals surface area contributed by atoms with Gasteiger partial charge < -0.3 is 10.8 Å². The average Bonchev–Trinajstić information content (AvgIpc) is 2.65. The van der Waals surface area contributed by atoms with E-state index in [1.54, 1.807) is 0 Å². The minimum Gasteiger partial charge on any atom is -0.382 e. The molecule has 0 radical (unpaired) electrons. The van der Waals surface area contributed by atoms with Gasteiger partial charge in [0, 0.05) is 11.6 Å². The summed E-state index contributed by atoms with van der Waals surface area (Å²) in [6.45, 7) is 0. The number of nitrogens with one attached hydrogen (secondary N) is 2. The molecular weight excluding hydrogens is 363 g/mol. The molecule has 0 heterocycles. The Balaban J connectivity index is 1.81. The van der Waals surface area contributed by atoms with E-state index >= 15 is 0 Å². The summed E-state index contributed by atoms with van der Waals surface area (Å²) in [5.41, 5.74) is 9.06. The van der Waals surface area contributed by atoms with E-state index in [-0.39, 0.29) is 5.56 Å². The number of hydrazine groups is 1. The zero-order chi connectivity index (χ0) is 20.0. The summed E-state index contributed by atoms with van der Waals surface area (Å²) in [6.07, 6.45) is -0.0149. The highest BCUT2D eigenvalue weighted by molar-refractivity contribution is 5.95. The fraction of sp³-hybridized carbons (Fsp3) is 0.556. The third kappa shape index (κ3) is 6.21. The van der Waals surface area contributed by atoms with E-state index in [0.29, 0.717) is 12.3 Å². The average molecular weight is 387 g/mol. The van der Waals surface area contributed by atoms with Crippen LogP contribution >= 0.6 is 0 Å². The minimum atomic E-state index is -4.50. The van der Waals surface area contributed by atoms with Crippen LogP contribution in [0, 0.1) is 5.92 Å². The number of hydrogen-bond acceptors (Lipinski definition) is 4. The maximum Gasteiger partial charge on any atom is 0.416 e. The molecule has 1 aromatic rings. The number of benzene rings is 1. The van der Waals surface area contributed by atoms with Gasteiger partial charge in [0.1, 0.15) is 6.10 Å². The summed E-state index contributed by atoms with van der Waals surface area (Å²) in [5.74, 6) is -1.29. The lowest BCUT2D eigenvalue weighted by atomic mass is 9.84. The van der Waals surface area contributed by atoms with E-state index in [1.807, 2.05) is 0 Å². The molecule has 1 aliphatic rings. The molecule has 150 valence electrons. The van der Waals surface area contributed by atoms with Crippen molar-refractivity contribution in [2.75, 3.05) is 0 Å². The first-order valence-electron chi connectivity index (χ1n) is 8.89. The van der Waals surface area contributed by atoms with Gasteiger partial charge in [-0.15, -0.1) is 0 Å². The first-order chi connectivity index (χ1) is 12.7. The molecule has 2 rings (SSSR count). The number of halogens is 3. The second kappa shape index (κ2) is 9.18. The van der Waals surface area contributed by atoms with E-state index in [4.69, 9.17) is 5.73 Å². The predicted molar refractivity (Wildman–Crippen MR) is 92.2 cm³/mol.